The first kappa shape index (κ1) is 12.9. The van der Waals surface area contributed by atoms with Crippen LogP contribution in [0.3, 0.4) is 0 Å². The Labute approximate surface area is 97.8 Å². The van der Waals surface area contributed by atoms with Gasteiger partial charge >= 0.3 is 0 Å². The van der Waals surface area contributed by atoms with Crippen molar-refractivity contribution in [1.29, 1.82) is 0 Å². The number of hydrogen-bond donors (Lipinski definition) is 0. The van der Waals surface area contributed by atoms with Crippen LogP contribution in [0.4, 0.5) is 0 Å². The molecule has 0 aliphatic carbocycles. The molecule has 84 valence electrons. The Morgan fingerprint density at radius 1 is 0.667 bits per heavy atom. The second kappa shape index (κ2) is 4.03. The lowest BCUT2D eigenvalue weighted by Crippen LogP contribution is -2.57. The van der Waals surface area contributed by atoms with E-state index in [1.807, 2.05) is 0 Å². The summed E-state index contributed by atoms with van der Waals surface area (Å²) < 4.78 is 0. The van der Waals surface area contributed by atoms with Crippen molar-refractivity contribution in [1.82, 2.24) is 0 Å². The molecular formula is C12H24Si3. The lowest BCUT2D eigenvalue weighted by Gasteiger charge is -2.47. The smallest absolute Gasteiger partial charge is 0.0694 e. The van der Waals surface area contributed by atoms with Gasteiger partial charge in [-0.3, -0.25) is 0 Å². The van der Waals surface area contributed by atoms with E-state index in [1.54, 1.807) is 0 Å². The summed E-state index contributed by atoms with van der Waals surface area (Å²) >= 11 is 0. The summed E-state index contributed by atoms with van der Waals surface area (Å²) in [5.41, 5.74) is 11.3. The van der Waals surface area contributed by atoms with E-state index < -0.39 is 24.2 Å². The summed E-state index contributed by atoms with van der Waals surface area (Å²) in [6, 6.07) is 0. The van der Waals surface area contributed by atoms with Gasteiger partial charge in [-0.05, 0) is 0 Å². The number of rotatable bonds is 3. The summed E-state index contributed by atoms with van der Waals surface area (Å²) in [4.78, 5) is 0. The molecule has 0 aromatic carbocycles. The molecule has 1 heterocycles. The predicted octanol–water partition coefficient (Wildman–Crippen LogP) is 4.03. The van der Waals surface area contributed by atoms with Gasteiger partial charge in [-0.2, -0.15) is 0 Å². The molecule has 0 N–H and O–H groups in total. The Morgan fingerprint density at radius 2 is 0.867 bits per heavy atom. The molecule has 0 radical (unpaired) electrons. The van der Waals surface area contributed by atoms with Crippen molar-refractivity contribution in [3.63, 3.8) is 0 Å². The van der Waals surface area contributed by atoms with Gasteiger partial charge in [-0.1, -0.05) is 36.6 Å². The highest BCUT2D eigenvalue weighted by Crippen LogP contribution is 2.41. The molecule has 1 aliphatic rings. The molecule has 15 heavy (non-hydrogen) atoms. The topological polar surface area (TPSA) is 0 Å². The van der Waals surface area contributed by atoms with Crippen molar-refractivity contribution in [3.05, 3.63) is 36.8 Å². The van der Waals surface area contributed by atoms with Crippen LogP contribution in [-0.4, -0.2) is 24.2 Å². The van der Waals surface area contributed by atoms with E-state index in [0.29, 0.717) is 0 Å². The highest BCUT2D eigenvalue weighted by Gasteiger charge is 2.48. The van der Waals surface area contributed by atoms with Gasteiger partial charge < -0.3 is 0 Å². The average molecular weight is 253 g/mol. The predicted molar refractivity (Wildman–Crippen MR) is 79.9 cm³/mol. The SMILES string of the molecule is C=C[Si]1(C)C[Si](C)(C=C)C[Si](C)(C=C)C1. The first-order valence-corrected chi connectivity index (χ1v) is 14.7. The highest BCUT2D eigenvalue weighted by atomic mass is 28.5. The maximum absolute atomic E-state index is 4.09. The Balaban J connectivity index is 3.07. The highest BCUT2D eigenvalue weighted by molar-refractivity contribution is 7.16. The van der Waals surface area contributed by atoms with Crippen molar-refractivity contribution < 1.29 is 0 Å². The van der Waals surface area contributed by atoms with Crippen molar-refractivity contribution in [2.24, 2.45) is 0 Å². The zero-order valence-corrected chi connectivity index (χ0v) is 13.5. The summed E-state index contributed by atoms with van der Waals surface area (Å²) in [6.07, 6.45) is 0. The first-order valence-electron chi connectivity index (χ1n) is 5.71. The van der Waals surface area contributed by atoms with E-state index in [4.69, 9.17) is 0 Å². The maximum atomic E-state index is 4.09. The van der Waals surface area contributed by atoms with Crippen LogP contribution in [0.5, 0.6) is 0 Å². The fraction of sp³-hybridized carbons (Fsp3) is 0.500. The van der Waals surface area contributed by atoms with Crippen LogP contribution >= 0.6 is 0 Å². The third-order valence-corrected chi connectivity index (χ3v) is 26.2. The van der Waals surface area contributed by atoms with Crippen LogP contribution in [0.25, 0.3) is 0 Å². The first-order chi connectivity index (χ1) is 6.80. The molecule has 3 heteroatoms. The normalized spacial score (nSPS) is 45.8. The molecular weight excluding hydrogens is 228 g/mol. The van der Waals surface area contributed by atoms with Crippen LogP contribution in [0.2, 0.25) is 36.6 Å². The zero-order valence-electron chi connectivity index (χ0n) is 10.5. The standard InChI is InChI=1S/C12H24Si3/c1-7-13(4)10-14(5,8-2)12-15(6,9-3)11-13/h7-9H,1-3,10-12H2,4-6H3. The van der Waals surface area contributed by atoms with E-state index in [1.165, 1.54) is 17.0 Å². The molecule has 1 fully saturated rings. The Hall–Kier alpha value is -0.129. The minimum atomic E-state index is -1.18. The summed E-state index contributed by atoms with van der Waals surface area (Å²) in [5, 5.41) is 0. The molecule has 1 rings (SSSR count). The number of hydrogen-bond acceptors (Lipinski definition) is 0. The van der Waals surface area contributed by atoms with E-state index >= 15 is 0 Å². The van der Waals surface area contributed by atoms with Gasteiger partial charge in [0, 0.05) is 0 Å². The second-order valence-electron chi connectivity index (χ2n) is 6.10. The molecule has 0 bridgehead atoms. The molecule has 1 saturated heterocycles. The van der Waals surface area contributed by atoms with E-state index in [-0.39, 0.29) is 0 Å². The lowest BCUT2D eigenvalue weighted by molar-refractivity contribution is 1.39. The summed E-state index contributed by atoms with van der Waals surface area (Å²) in [7, 11) is -3.54. The van der Waals surface area contributed by atoms with Gasteiger partial charge in [0.05, 0.1) is 24.2 Å². The molecule has 0 saturated carbocycles. The summed E-state index contributed by atoms with van der Waals surface area (Å²) in [6.45, 7) is 19.8. The molecule has 0 unspecified atom stereocenters. The molecule has 0 atom stereocenters. The molecule has 0 nitrogen and oxygen atoms in total. The van der Waals surface area contributed by atoms with Gasteiger partial charge in [-0.15, -0.1) is 36.8 Å². The second-order valence-corrected chi connectivity index (χ2v) is 21.5. The third-order valence-electron chi connectivity index (χ3n) is 3.90. The van der Waals surface area contributed by atoms with Crippen molar-refractivity contribution in [3.8, 4) is 0 Å². The van der Waals surface area contributed by atoms with Gasteiger partial charge in [0.2, 0.25) is 0 Å². The monoisotopic (exact) mass is 252 g/mol. The fourth-order valence-electron chi connectivity index (χ4n) is 3.39. The van der Waals surface area contributed by atoms with E-state index in [9.17, 15) is 0 Å². The summed E-state index contributed by atoms with van der Waals surface area (Å²) in [5.74, 6) is 0. The molecule has 0 amide bonds. The van der Waals surface area contributed by atoms with Gasteiger partial charge in [0.25, 0.3) is 0 Å². The Kier molecular flexibility index (Phi) is 3.48. The van der Waals surface area contributed by atoms with Crippen molar-refractivity contribution >= 4 is 24.2 Å². The third kappa shape index (κ3) is 2.71. The Bertz CT molecular complexity index is 240. The van der Waals surface area contributed by atoms with Gasteiger partial charge in [0.15, 0.2) is 0 Å². The minimum Gasteiger partial charge on any atom is -0.107 e. The fourth-order valence-corrected chi connectivity index (χ4v) is 33.9. The van der Waals surface area contributed by atoms with Gasteiger partial charge in [-0.25, -0.2) is 0 Å². The van der Waals surface area contributed by atoms with Crippen LogP contribution < -0.4 is 0 Å². The zero-order chi connectivity index (χ0) is 11.7. The largest absolute Gasteiger partial charge is 0.107 e. The van der Waals surface area contributed by atoms with Crippen LogP contribution in [0.15, 0.2) is 36.8 Å². The molecule has 0 aromatic rings. The van der Waals surface area contributed by atoms with Crippen molar-refractivity contribution in [2.45, 2.75) is 36.6 Å². The molecule has 0 aromatic heterocycles. The molecule has 1 aliphatic heterocycles. The van der Waals surface area contributed by atoms with E-state index in [2.05, 4.69) is 56.5 Å². The van der Waals surface area contributed by atoms with Crippen molar-refractivity contribution in [2.75, 3.05) is 0 Å². The van der Waals surface area contributed by atoms with Crippen LogP contribution in [-0.2, 0) is 0 Å². The molecule has 0 spiro atoms. The lowest BCUT2D eigenvalue weighted by atomic mass is 11.3. The quantitative estimate of drug-likeness (QED) is 0.665. The Morgan fingerprint density at radius 3 is 1.00 bits per heavy atom. The van der Waals surface area contributed by atoms with Gasteiger partial charge in [0.1, 0.15) is 0 Å². The average Bonchev–Trinajstić information content (AvgIpc) is 2.16. The van der Waals surface area contributed by atoms with Crippen LogP contribution in [0.1, 0.15) is 0 Å². The van der Waals surface area contributed by atoms with Crippen LogP contribution in [0, 0.1) is 0 Å². The maximum Gasteiger partial charge on any atom is 0.0694 e. The minimum absolute atomic E-state index is 1.18. The van der Waals surface area contributed by atoms with E-state index in [0.717, 1.165) is 0 Å².